The van der Waals surface area contributed by atoms with Crippen LogP contribution in [0, 0.1) is 0 Å². The molecule has 3 aromatic rings. The lowest BCUT2D eigenvalue weighted by Crippen LogP contribution is -2.45. The van der Waals surface area contributed by atoms with E-state index < -0.39 is 5.54 Å². The van der Waals surface area contributed by atoms with Crippen molar-refractivity contribution in [3.8, 4) is 11.3 Å². The lowest BCUT2D eigenvalue weighted by Gasteiger charge is -2.27. The summed E-state index contributed by atoms with van der Waals surface area (Å²) in [4.78, 5) is 17.2. The molecule has 0 fully saturated rings. The van der Waals surface area contributed by atoms with Crippen LogP contribution in [-0.4, -0.2) is 16.4 Å². The van der Waals surface area contributed by atoms with Crippen molar-refractivity contribution in [2.45, 2.75) is 25.8 Å². The third-order valence-electron chi connectivity index (χ3n) is 4.18. The van der Waals surface area contributed by atoms with Crippen molar-refractivity contribution >= 4 is 11.6 Å². The molecule has 1 aromatic heterocycles. The highest BCUT2D eigenvalue weighted by molar-refractivity contribution is 5.94. The fourth-order valence-corrected chi connectivity index (χ4v) is 2.86. The number of nitrogens with one attached hydrogen (secondary N) is 1. The van der Waals surface area contributed by atoms with Crippen molar-refractivity contribution in [2.75, 3.05) is 5.73 Å². The minimum Gasteiger partial charge on any atom is -0.397 e. The van der Waals surface area contributed by atoms with E-state index in [2.05, 4.69) is 5.32 Å². The van der Waals surface area contributed by atoms with Crippen LogP contribution >= 0.6 is 0 Å². The Morgan fingerprint density at radius 1 is 0.962 bits per heavy atom. The minimum atomic E-state index is -0.483. The molecule has 1 heterocycles. The first-order valence-corrected chi connectivity index (χ1v) is 8.63. The molecule has 132 valence electrons. The number of carbonyl (C=O) groups is 1. The monoisotopic (exact) mass is 345 g/mol. The molecule has 0 radical (unpaired) electrons. The Kier molecular flexibility index (Phi) is 5.03. The molecule has 0 saturated carbocycles. The van der Waals surface area contributed by atoms with Crippen molar-refractivity contribution in [3.05, 3.63) is 84.1 Å². The van der Waals surface area contributed by atoms with Gasteiger partial charge in [0.2, 0.25) is 0 Å². The van der Waals surface area contributed by atoms with Crippen LogP contribution in [0.2, 0.25) is 0 Å². The molecule has 26 heavy (non-hydrogen) atoms. The zero-order valence-electron chi connectivity index (χ0n) is 15.1. The van der Waals surface area contributed by atoms with E-state index in [4.69, 9.17) is 10.7 Å². The molecule has 0 aliphatic carbocycles. The minimum absolute atomic E-state index is 0.103. The van der Waals surface area contributed by atoms with Gasteiger partial charge in [0.15, 0.2) is 0 Å². The zero-order chi connectivity index (χ0) is 18.6. The Labute approximate surface area is 154 Å². The normalized spacial score (nSPS) is 11.2. The van der Waals surface area contributed by atoms with Gasteiger partial charge in [-0.25, -0.2) is 0 Å². The van der Waals surface area contributed by atoms with Gasteiger partial charge in [0.1, 0.15) is 0 Å². The van der Waals surface area contributed by atoms with Crippen LogP contribution in [0.25, 0.3) is 11.3 Å². The number of rotatable bonds is 5. The maximum Gasteiger partial charge on any atom is 0.251 e. The Bertz CT molecular complexity index is 890. The van der Waals surface area contributed by atoms with Crippen molar-refractivity contribution < 1.29 is 4.79 Å². The molecule has 0 atom stereocenters. The number of pyridine rings is 1. The summed E-state index contributed by atoms with van der Waals surface area (Å²) >= 11 is 0. The van der Waals surface area contributed by atoms with Gasteiger partial charge in [0, 0.05) is 23.1 Å². The average Bonchev–Trinajstić information content (AvgIpc) is 2.64. The van der Waals surface area contributed by atoms with Crippen molar-refractivity contribution in [1.29, 1.82) is 0 Å². The Morgan fingerprint density at radius 3 is 2.23 bits per heavy atom. The first kappa shape index (κ1) is 17.7. The molecule has 0 unspecified atom stereocenters. The smallest absolute Gasteiger partial charge is 0.251 e. The average molecular weight is 345 g/mol. The molecule has 1 amide bonds. The maximum absolute atomic E-state index is 12.5. The molecule has 0 saturated heterocycles. The van der Waals surface area contributed by atoms with Crippen LogP contribution in [0.15, 0.2) is 72.8 Å². The van der Waals surface area contributed by atoms with Crippen LogP contribution in [0.3, 0.4) is 0 Å². The molecule has 0 bridgehead atoms. The van der Waals surface area contributed by atoms with Gasteiger partial charge in [-0.15, -0.1) is 0 Å². The molecule has 3 rings (SSSR count). The Hall–Kier alpha value is -3.14. The summed E-state index contributed by atoms with van der Waals surface area (Å²) < 4.78 is 0. The molecular formula is C22H23N3O. The van der Waals surface area contributed by atoms with Gasteiger partial charge >= 0.3 is 0 Å². The van der Waals surface area contributed by atoms with E-state index in [1.165, 1.54) is 0 Å². The molecule has 2 aromatic carbocycles. The maximum atomic E-state index is 12.5. The van der Waals surface area contributed by atoms with Gasteiger partial charge in [0.25, 0.3) is 5.91 Å². The molecule has 0 aliphatic heterocycles. The summed E-state index contributed by atoms with van der Waals surface area (Å²) in [7, 11) is 0. The number of benzene rings is 2. The van der Waals surface area contributed by atoms with Crippen molar-refractivity contribution in [1.82, 2.24) is 10.3 Å². The highest BCUT2D eigenvalue weighted by Crippen LogP contribution is 2.23. The summed E-state index contributed by atoms with van der Waals surface area (Å²) in [6.07, 6.45) is 0.540. The first-order chi connectivity index (χ1) is 12.4. The first-order valence-electron chi connectivity index (χ1n) is 8.63. The number of anilines is 1. The molecule has 4 nitrogen and oxygen atoms in total. The summed E-state index contributed by atoms with van der Waals surface area (Å²) in [5.74, 6) is -0.103. The second-order valence-corrected chi connectivity index (χ2v) is 6.98. The van der Waals surface area contributed by atoms with Gasteiger partial charge in [-0.05, 0) is 38.1 Å². The molecule has 0 spiro atoms. The number of nitrogen functional groups attached to an aromatic ring is 1. The number of aromatic nitrogens is 1. The third kappa shape index (κ3) is 4.28. The number of amides is 1. The fourth-order valence-electron chi connectivity index (χ4n) is 2.86. The SMILES string of the molecule is CC(C)(Cc1nc(-c2ccccc2)ccc1N)NC(=O)c1ccccc1. The predicted octanol–water partition coefficient (Wildman–Crippen LogP) is 4.08. The van der Waals surface area contributed by atoms with Gasteiger partial charge in [0.05, 0.1) is 17.1 Å². The number of carbonyl (C=O) groups excluding carboxylic acids is 1. The quantitative estimate of drug-likeness (QED) is 0.732. The lowest BCUT2D eigenvalue weighted by atomic mass is 9.96. The summed E-state index contributed by atoms with van der Waals surface area (Å²) in [6, 6.07) is 23.0. The molecular weight excluding hydrogens is 322 g/mol. The Balaban J connectivity index is 1.80. The largest absolute Gasteiger partial charge is 0.397 e. The second-order valence-electron chi connectivity index (χ2n) is 6.98. The van der Waals surface area contributed by atoms with E-state index in [9.17, 15) is 4.79 Å². The van der Waals surface area contributed by atoms with Gasteiger partial charge in [-0.2, -0.15) is 0 Å². The van der Waals surface area contributed by atoms with Crippen LogP contribution in [0.1, 0.15) is 29.9 Å². The number of nitrogens with zero attached hydrogens (tertiary/aromatic N) is 1. The summed E-state index contributed by atoms with van der Waals surface area (Å²) in [6.45, 7) is 3.95. The predicted molar refractivity (Wildman–Crippen MR) is 106 cm³/mol. The van der Waals surface area contributed by atoms with E-state index in [1.807, 2.05) is 74.5 Å². The van der Waals surface area contributed by atoms with E-state index in [1.54, 1.807) is 12.1 Å². The second kappa shape index (κ2) is 7.40. The van der Waals surface area contributed by atoms with Crippen molar-refractivity contribution in [2.24, 2.45) is 0 Å². The van der Waals surface area contributed by atoms with Crippen LogP contribution < -0.4 is 11.1 Å². The topological polar surface area (TPSA) is 68.0 Å². The molecule has 0 aliphatic rings. The fraction of sp³-hybridized carbons (Fsp3) is 0.182. The van der Waals surface area contributed by atoms with Gasteiger partial charge in [-0.1, -0.05) is 48.5 Å². The standard InChI is InChI=1S/C22H23N3O/c1-22(2,25-21(26)17-11-7-4-8-12-17)15-20-18(23)13-14-19(24-20)16-9-5-3-6-10-16/h3-14H,15,23H2,1-2H3,(H,25,26). The van der Waals surface area contributed by atoms with E-state index in [-0.39, 0.29) is 5.91 Å². The van der Waals surface area contributed by atoms with E-state index in [0.717, 1.165) is 17.0 Å². The van der Waals surface area contributed by atoms with Crippen LogP contribution in [-0.2, 0) is 6.42 Å². The highest BCUT2D eigenvalue weighted by Gasteiger charge is 2.23. The van der Waals surface area contributed by atoms with E-state index >= 15 is 0 Å². The lowest BCUT2D eigenvalue weighted by molar-refractivity contribution is 0.0912. The zero-order valence-corrected chi connectivity index (χ0v) is 15.1. The number of hydrogen-bond acceptors (Lipinski definition) is 3. The van der Waals surface area contributed by atoms with E-state index in [0.29, 0.717) is 17.7 Å². The molecule has 4 heteroatoms. The molecule has 3 N–H and O–H groups in total. The highest BCUT2D eigenvalue weighted by atomic mass is 16.1. The van der Waals surface area contributed by atoms with Crippen LogP contribution in [0.5, 0.6) is 0 Å². The summed E-state index contributed by atoms with van der Waals surface area (Å²) in [5, 5.41) is 3.07. The van der Waals surface area contributed by atoms with Crippen LogP contribution in [0.4, 0.5) is 5.69 Å². The van der Waals surface area contributed by atoms with Crippen molar-refractivity contribution in [3.63, 3.8) is 0 Å². The number of nitrogens with two attached hydrogens (primary N) is 1. The Morgan fingerprint density at radius 2 is 1.58 bits per heavy atom. The summed E-state index contributed by atoms with van der Waals surface area (Å²) in [5.41, 5.74) is 9.63. The third-order valence-corrected chi connectivity index (χ3v) is 4.18. The van der Waals surface area contributed by atoms with Gasteiger partial charge < -0.3 is 11.1 Å². The number of hydrogen-bond donors (Lipinski definition) is 2. The van der Waals surface area contributed by atoms with Gasteiger partial charge in [-0.3, -0.25) is 9.78 Å².